The van der Waals surface area contributed by atoms with Crippen molar-refractivity contribution in [2.45, 2.75) is 71.8 Å². The first-order valence-electron chi connectivity index (χ1n) is 6.98. The molecule has 3 fully saturated rings. The minimum absolute atomic E-state index is 0.185. The number of aliphatic hydroxyl groups is 1. The smallest absolute Gasteiger partial charge is 0.0787 e. The summed E-state index contributed by atoms with van der Waals surface area (Å²) in [5.41, 5.74) is 0.358. The summed E-state index contributed by atoms with van der Waals surface area (Å²) in [4.78, 5) is 0. The zero-order valence-corrected chi connectivity index (χ0v) is 11.3. The van der Waals surface area contributed by atoms with Crippen molar-refractivity contribution in [1.29, 1.82) is 0 Å². The van der Waals surface area contributed by atoms with Gasteiger partial charge in [-0.25, -0.2) is 0 Å². The van der Waals surface area contributed by atoms with Gasteiger partial charge in [0.25, 0.3) is 0 Å². The van der Waals surface area contributed by atoms with E-state index >= 15 is 0 Å². The topological polar surface area (TPSA) is 20.2 Å². The Morgan fingerprint density at radius 2 is 1.56 bits per heavy atom. The van der Waals surface area contributed by atoms with Crippen LogP contribution in [0, 0.1) is 22.2 Å². The maximum absolute atomic E-state index is 11.5. The van der Waals surface area contributed by atoms with Crippen LogP contribution in [0.25, 0.3) is 0 Å². The van der Waals surface area contributed by atoms with Gasteiger partial charge in [-0.05, 0) is 54.3 Å². The molecule has 0 saturated heterocycles. The molecule has 1 heteroatoms. The number of hydrogen-bond acceptors (Lipinski definition) is 1. The van der Waals surface area contributed by atoms with E-state index in [0.29, 0.717) is 11.3 Å². The maximum atomic E-state index is 11.5. The summed E-state index contributed by atoms with van der Waals surface area (Å²) in [6.45, 7) is 9.47. The van der Waals surface area contributed by atoms with Crippen LogP contribution >= 0.6 is 0 Å². The first-order chi connectivity index (χ1) is 7.25. The van der Waals surface area contributed by atoms with Crippen LogP contribution in [0.3, 0.4) is 0 Å². The Kier molecular flexibility index (Phi) is 1.86. The quantitative estimate of drug-likeness (QED) is 0.662. The fraction of sp³-hybridized carbons (Fsp3) is 1.00. The summed E-state index contributed by atoms with van der Waals surface area (Å²) in [6.07, 6.45) is 7.50. The van der Waals surface area contributed by atoms with Gasteiger partial charge in [0.2, 0.25) is 0 Å². The van der Waals surface area contributed by atoms with Crippen molar-refractivity contribution in [3.63, 3.8) is 0 Å². The Labute approximate surface area is 99.6 Å². The summed E-state index contributed by atoms with van der Waals surface area (Å²) in [7, 11) is 0. The van der Waals surface area contributed by atoms with Gasteiger partial charge < -0.3 is 5.11 Å². The standard InChI is InChI=1S/C15H26O/c1-12(2)10-14(4)8-5-7-13(3)9-6-11(12)15(13,14)16/h11,16H,5-10H2,1-4H3/t11-,13+,14+,15-/m0/s1. The molecule has 3 rings (SSSR count). The van der Waals surface area contributed by atoms with E-state index in [2.05, 4.69) is 27.7 Å². The SMILES string of the molecule is CC1(C)C[C@@]2(C)CCC[C@]3(C)CC[C@@H]1[C@]32O. The Morgan fingerprint density at radius 3 is 2.25 bits per heavy atom. The van der Waals surface area contributed by atoms with E-state index in [1.165, 1.54) is 38.5 Å². The molecule has 16 heavy (non-hydrogen) atoms. The van der Waals surface area contributed by atoms with Crippen LogP contribution in [0.15, 0.2) is 0 Å². The van der Waals surface area contributed by atoms with Crippen molar-refractivity contribution in [2.75, 3.05) is 0 Å². The molecule has 0 aromatic heterocycles. The van der Waals surface area contributed by atoms with Crippen molar-refractivity contribution in [2.24, 2.45) is 22.2 Å². The fourth-order valence-electron chi connectivity index (χ4n) is 6.12. The molecule has 0 amide bonds. The zero-order chi connectivity index (χ0) is 11.8. The second kappa shape index (κ2) is 2.68. The highest BCUT2D eigenvalue weighted by Crippen LogP contribution is 2.74. The van der Waals surface area contributed by atoms with Gasteiger partial charge in [0.05, 0.1) is 5.60 Å². The lowest BCUT2D eigenvalue weighted by molar-refractivity contribution is -0.171. The summed E-state index contributed by atoms with van der Waals surface area (Å²) < 4.78 is 0. The van der Waals surface area contributed by atoms with Crippen LogP contribution in [-0.2, 0) is 0 Å². The molecule has 0 aliphatic heterocycles. The Hall–Kier alpha value is -0.0400. The third-order valence-corrected chi connectivity index (χ3v) is 6.58. The van der Waals surface area contributed by atoms with Gasteiger partial charge in [0, 0.05) is 0 Å². The van der Waals surface area contributed by atoms with Crippen LogP contribution in [0.4, 0.5) is 0 Å². The molecule has 92 valence electrons. The van der Waals surface area contributed by atoms with Crippen LogP contribution in [0.2, 0.25) is 0 Å². The molecule has 1 nitrogen and oxygen atoms in total. The molecule has 0 aromatic carbocycles. The van der Waals surface area contributed by atoms with E-state index in [1.54, 1.807) is 0 Å². The van der Waals surface area contributed by atoms with E-state index in [9.17, 15) is 5.11 Å². The summed E-state index contributed by atoms with van der Waals surface area (Å²) in [5, 5.41) is 11.5. The molecular weight excluding hydrogens is 196 g/mol. The van der Waals surface area contributed by atoms with Crippen LogP contribution in [0.1, 0.15) is 66.2 Å². The summed E-state index contributed by atoms with van der Waals surface area (Å²) in [5.74, 6) is 0.537. The lowest BCUT2D eigenvalue weighted by atomic mass is 9.55. The molecule has 0 bridgehead atoms. The minimum atomic E-state index is -0.373. The molecule has 0 unspecified atom stereocenters. The number of rotatable bonds is 0. The predicted molar refractivity (Wildman–Crippen MR) is 66.1 cm³/mol. The molecule has 0 spiro atoms. The molecule has 0 aromatic rings. The molecule has 0 radical (unpaired) electrons. The van der Waals surface area contributed by atoms with Gasteiger partial charge in [-0.15, -0.1) is 0 Å². The average Bonchev–Trinajstić information content (AvgIpc) is 2.48. The Morgan fingerprint density at radius 1 is 0.938 bits per heavy atom. The van der Waals surface area contributed by atoms with E-state index in [4.69, 9.17) is 0 Å². The predicted octanol–water partition coefficient (Wildman–Crippen LogP) is 3.75. The highest BCUT2D eigenvalue weighted by Gasteiger charge is 2.73. The lowest BCUT2D eigenvalue weighted by Gasteiger charge is -2.54. The highest BCUT2D eigenvalue weighted by molar-refractivity contribution is 5.23. The summed E-state index contributed by atoms with van der Waals surface area (Å²) >= 11 is 0. The van der Waals surface area contributed by atoms with Crippen molar-refractivity contribution in [1.82, 2.24) is 0 Å². The van der Waals surface area contributed by atoms with Gasteiger partial charge in [-0.2, -0.15) is 0 Å². The van der Waals surface area contributed by atoms with E-state index < -0.39 is 0 Å². The first-order valence-corrected chi connectivity index (χ1v) is 6.98. The molecular formula is C15H26O. The van der Waals surface area contributed by atoms with Crippen molar-refractivity contribution >= 4 is 0 Å². The molecule has 4 atom stereocenters. The highest BCUT2D eigenvalue weighted by atomic mass is 16.3. The Balaban J connectivity index is 2.17. The second-order valence-electron chi connectivity index (χ2n) is 8.00. The van der Waals surface area contributed by atoms with Crippen LogP contribution < -0.4 is 0 Å². The largest absolute Gasteiger partial charge is 0.388 e. The fourth-order valence-corrected chi connectivity index (χ4v) is 6.12. The van der Waals surface area contributed by atoms with Crippen LogP contribution in [-0.4, -0.2) is 10.7 Å². The van der Waals surface area contributed by atoms with E-state index in [1.807, 2.05) is 0 Å². The maximum Gasteiger partial charge on any atom is 0.0787 e. The number of hydrogen-bond donors (Lipinski definition) is 1. The minimum Gasteiger partial charge on any atom is -0.388 e. The third kappa shape index (κ3) is 0.939. The van der Waals surface area contributed by atoms with E-state index in [0.717, 1.165) is 0 Å². The second-order valence-corrected chi connectivity index (χ2v) is 8.00. The van der Waals surface area contributed by atoms with Crippen molar-refractivity contribution in [3.8, 4) is 0 Å². The molecule has 3 aliphatic rings. The monoisotopic (exact) mass is 222 g/mol. The van der Waals surface area contributed by atoms with Crippen molar-refractivity contribution in [3.05, 3.63) is 0 Å². The van der Waals surface area contributed by atoms with Gasteiger partial charge in [0.1, 0.15) is 0 Å². The molecule has 3 aliphatic carbocycles. The van der Waals surface area contributed by atoms with Crippen LogP contribution in [0.5, 0.6) is 0 Å². The Bertz CT molecular complexity index is 334. The van der Waals surface area contributed by atoms with Gasteiger partial charge in [0.15, 0.2) is 0 Å². The third-order valence-electron chi connectivity index (χ3n) is 6.58. The average molecular weight is 222 g/mol. The lowest BCUT2D eigenvalue weighted by Crippen LogP contribution is -2.57. The molecule has 0 heterocycles. The summed E-state index contributed by atoms with van der Waals surface area (Å²) in [6, 6.07) is 0. The normalized spacial score (nSPS) is 58.7. The van der Waals surface area contributed by atoms with Crippen molar-refractivity contribution < 1.29 is 5.11 Å². The molecule has 3 saturated carbocycles. The van der Waals surface area contributed by atoms with Gasteiger partial charge in [-0.3, -0.25) is 0 Å². The zero-order valence-electron chi connectivity index (χ0n) is 11.3. The van der Waals surface area contributed by atoms with E-state index in [-0.39, 0.29) is 16.4 Å². The van der Waals surface area contributed by atoms with Gasteiger partial charge in [-0.1, -0.05) is 34.1 Å². The first kappa shape index (κ1) is 11.1. The van der Waals surface area contributed by atoms with Gasteiger partial charge >= 0.3 is 0 Å². The molecule has 1 N–H and O–H groups in total.